The van der Waals surface area contributed by atoms with Crippen LogP contribution in [0, 0.1) is 6.92 Å². The van der Waals surface area contributed by atoms with Crippen LogP contribution in [0.1, 0.15) is 5.56 Å². The van der Waals surface area contributed by atoms with Crippen LogP contribution in [0.15, 0.2) is 10.9 Å². The molecular formula is C8H13ClN2O3PS3-. The molecule has 0 aliphatic heterocycles. The third kappa shape index (κ3) is 6.56. The van der Waals surface area contributed by atoms with Gasteiger partial charge >= 0.3 is 0 Å². The first-order valence-electron chi connectivity index (χ1n) is 4.55. The zero-order valence-electron chi connectivity index (χ0n) is 9.99. The van der Waals surface area contributed by atoms with E-state index in [1.165, 1.54) is 25.0 Å². The van der Waals surface area contributed by atoms with Gasteiger partial charge in [-0.3, -0.25) is 4.79 Å². The molecule has 0 radical (unpaired) electrons. The van der Waals surface area contributed by atoms with Crippen LogP contribution in [0.3, 0.4) is 0 Å². The van der Waals surface area contributed by atoms with Crippen LogP contribution in [0.4, 0.5) is 0 Å². The van der Waals surface area contributed by atoms with Gasteiger partial charge in [-0.05, 0) is 12.5 Å². The molecule has 0 aliphatic rings. The third-order valence-corrected chi connectivity index (χ3v) is 5.03. The fraction of sp³-hybridized carbons (Fsp3) is 0.500. The second kappa shape index (κ2) is 8.58. The Morgan fingerprint density at radius 1 is 1.61 bits per heavy atom. The van der Waals surface area contributed by atoms with Gasteiger partial charge in [-0.25, -0.2) is 4.68 Å². The minimum Gasteiger partial charge on any atom is -0.691 e. The maximum Gasteiger partial charge on any atom is 0.267 e. The molecule has 0 atom stereocenters. The van der Waals surface area contributed by atoms with Crippen molar-refractivity contribution in [3.05, 3.63) is 27.1 Å². The molecule has 0 unspecified atom stereocenters. The van der Waals surface area contributed by atoms with Crippen LogP contribution in [0.2, 0.25) is 5.15 Å². The Labute approximate surface area is 127 Å². The normalized spacial score (nSPS) is 10.8. The molecule has 5 nitrogen and oxygen atoms in total. The molecular weight excluding hydrogens is 335 g/mol. The van der Waals surface area contributed by atoms with Crippen molar-refractivity contribution in [2.75, 3.05) is 14.2 Å². The summed E-state index contributed by atoms with van der Waals surface area (Å²) in [5.74, 6) is 0.249. The molecule has 0 N–H and O–H groups in total. The highest BCUT2D eigenvalue weighted by atomic mass is 35.5. The van der Waals surface area contributed by atoms with Gasteiger partial charge in [0.2, 0.25) is 0 Å². The summed E-state index contributed by atoms with van der Waals surface area (Å²) in [6, 6.07) is 1.44. The van der Waals surface area contributed by atoms with Gasteiger partial charge in [-0.1, -0.05) is 23.4 Å². The number of aryl methyl sites for hydroxylation is 1. The van der Waals surface area contributed by atoms with Crippen LogP contribution in [-0.2, 0) is 39.0 Å². The van der Waals surface area contributed by atoms with Gasteiger partial charge in [0, 0.05) is 20.3 Å². The van der Waals surface area contributed by atoms with E-state index in [4.69, 9.17) is 11.6 Å². The van der Waals surface area contributed by atoms with E-state index in [2.05, 4.69) is 50.8 Å². The Balaban J connectivity index is 0.000000360. The topological polar surface area (TPSA) is 53.4 Å². The first kappa shape index (κ1) is 18.4. The van der Waals surface area contributed by atoms with Crippen LogP contribution in [0.25, 0.3) is 0 Å². The largest absolute Gasteiger partial charge is 0.691 e. The smallest absolute Gasteiger partial charge is 0.267 e. The van der Waals surface area contributed by atoms with Crippen molar-refractivity contribution in [1.82, 2.24) is 9.78 Å². The standard InChI is InChI=1S/C6H7ClN2OS.C2H7O2PS2/c1-4-2-5(10)9(3-11)8-6(4)7;1-3-5(6,7)4-2/h2,11H,3H2,1H3;1-2H3,(H,6,7)/p-1. The monoisotopic (exact) mass is 347 g/mol. The molecule has 0 bridgehead atoms. The third-order valence-electron chi connectivity index (χ3n) is 1.71. The average molecular weight is 348 g/mol. The molecule has 10 heteroatoms. The summed E-state index contributed by atoms with van der Waals surface area (Å²) in [6.07, 6.45) is 0. The minimum atomic E-state index is -2.24. The van der Waals surface area contributed by atoms with Crippen LogP contribution < -0.4 is 5.56 Å². The second-order valence-corrected chi connectivity index (χ2v) is 8.75. The van der Waals surface area contributed by atoms with Gasteiger partial charge in [-0.2, -0.15) is 17.7 Å². The van der Waals surface area contributed by atoms with E-state index in [1.54, 1.807) is 6.92 Å². The highest BCUT2D eigenvalue weighted by Crippen LogP contribution is 2.43. The Bertz CT molecular complexity index is 489. The van der Waals surface area contributed by atoms with E-state index in [1.807, 2.05) is 0 Å². The summed E-state index contributed by atoms with van der Waals surface area (Å²) in [7, 11) is 2.91. The van der Waals surface area contributed by atoms with Crippen LogP contribution >= 0.6 is 29.9 Å². The fourth-order valence-electron chi connectivity index (χ4n) is 0.729. The lowest BCUT2D eigenvalue weighted by atomic mass is 10.3. The zero-order chi connectivity index (χ0) is 14.3. The molecule has 1 aromatic heterocycles. The number of rotatable bonds is 3. The van der Waals surface area contributed by atoms with E-state index in [0.29, 0.717) is 10.7 Å². The zero-order valence-corrected chi connectivity index (χ0v) is 14.2. The lowest BCUT2D eigenvalue weighted by Crippen LogP contribution is -2.20. The highest BCUT2D eigenvalue weighted by Gasteiger charge is 2.00. The van der Waals surface area contributed by atoms with Gasteiger partial charge in [-0.15, -0.1) is 0 Å². The van der Waals surface area contributed by atoms with Crippen LogP contribution in [-0.4, -0.2) is 24.0 Å². The molecule has 1 heterocycles. The molecule has 0 saturated carbocycles. The number of hydrogen-bond donors (Lipinski definition) is 1. The molecule has 0 saturated heterocycles. The highest BCUT2D eigenvalue weighted by molar-refractivity contribution is 8.51. The number of halogens is 1. The Hall–Kier alpha value is 0.440. The Morgan fingerprint density at radius 2 is 2.11 bits per heavy atom. The predicted octanol–water partition coefficient (Wildman–Crippen LogP) is 2.14. The van der Waals surface area contributed by atoms with Crippen molar-refractivity contribution in [1.29, 1.82) is 0 Å². The van der Waals surface area contributed by atoms with E-state index in [-0.39, 0.29) is 11.4 Å². The van der Waals surface area contributed by atoms with Crippen molar-refractivity contribution in [3.8, 4) is 0 Å². The molecule has 18 heavy (non-hydrogen) atoms. The van der Waals surface area contributed by atoms with Crippen molar-refractivity contribution in [2.24, 2.45) is 0 Å². The first-order valence-corrected chi connectivity index (χ1v) is 9.21. The van der Waals surface area contributed by atoms with E-state index in [9.17, 15) is 4.79 Å². The van der Waals surface area contributed by atoms with Crippen molar-refractivity contribution in [3.63, 3.8) is 0 Å². The van der Waals surface area contributed by atoms with Gasteiger partial charge < -0.3 is 21.3 Å². The lowest BCUT2D eigenvalue weighted by molar-refractivity contribution is 0.354. The number of nitrogens with zero attached hydrogens (tertiary/aromatic N) is 2. The summed E-state index contributed by atoms with van der Waals surface area (Å²) in [5, 5.41) is 4.13. The molecule has 104 valence electrons. The lowest BCUT2D eigenvalue weighted by Gasteiger charge is -2.22. The maximum atomic E-state index is 11.0. The average Bonchev–Trinajstić information content (AvgIpc) is 2.34. The number of hydrogen-bond acceptors (Lipinski definition) is 7. The summed E-state index contributed by atoms with van der Waals surface area (Å²) >= 11 is 18.8. The Kier molecular flexibility index (Phi) is 8.79. The number of thiol groups is 1. The summed E-state index contributed by atoms with van der Waals surface area (Å²) < 4.78 is 10.4. The van der Waals surface area contributed by atoms with Crippen LogP contribution in [0.5, 0.6) is 0 Å². The van der Waals surface area contributed by atoms with E-state index >= 15 is 0 Å². The molecule has 0 amide bonds. The molecule has 0 fully saturated rings. The Morgan fingerprint density at radius 3 is 2.44 bits per heavy atom. The van der Waals surface area contributed by atoms with Gasteiger partial charge in [0.1, 0.15) is 0 Å². The molecule has 1 rings (SSSR count). The first-order chi connectivity index (χ1) is 8.27. The molecule has 0 spiro atoms. The second-order valence-electron chi connectivity index (χ2n) is 2.91. The van der Waals surface area contributed by atoms with Gasteiger partial charge in [0.25, 0.3) is 5.56 Å². The van der Waals surface area contributed by atoms with E-state index < -0.39 is 5.69 Å². The number of aromatic nitrogens is 2. The van der Waals surface area contributed by atoms with Crippen molar-refractivity contribution in [2.45, 2.75) is 12.8 Å². The van der Waals surface area contributed by atoms with Gasteiger partial charge in [0.15, 0.2) is 5.15 Å². The molecule has 0 aromatic carbocycles. The summed E-state index contributed by atoms with van der Waals surface area (Å²) in [6.45, 7) is 1.74. The fourth-order valence-corrected chi connectivity index (χ4v) is 1.23. The van der Waals surface area contributed by atoms with Crippen molar-refractivity contribution >= 4 is 54.0 Å². The van der Waals surface area contributed by atoms with E-state index in [0.717, 1.165) is 0 Å². The predicted molar refractivity (Wildman–Crippen MR) is 82.9 cm³/mol. The maximum absolute atomic E-state index is 11.0. The molecule has 0 aliphatic carbocycles. The minimum absolute atomic E-state index is 0.179. The summed E-state index contributed by atoms with van der Waals surface area (Å²) in [4.78, 5) is 11.0. The quantitative estimate of drug-likeness (QED) is 0.513. The SMILES string of the molecule is COP(=S)([S-])OC.Cc1cc(=O)n(CS)nc1Cl. The summed E-state index contributed by atoms with van der Waals surface area (Å²) in [5.41, 5.74) is -1.73. The van der Waals surface area contributed by atoms with Gasteiger partial charge in [0.05, 0.1) is 11.6 Å². The van der Waals surface area contributed by atoms with Crippen molar-refractivity contribution < 1.29 is 9.05 Å². The molecule has 1 aromatic rings.